The van der Waals surface area contributed by atoms with Crippen LogP contribution in [0.1, 0.15) is 41.5 Å². The summed E-state index contributed by atoms with van der Waals surface area (Å²) in [5.41, 5.74) is -0.627. The molecule has 19 heavy (non-hydrogen) atoms. The summed E-state index contributed by atoms with van der Waals surface area (Å²) in [4.78, 5) is 34.1. The van der Waals surface area contributed by atoms with Crippen molar-refractivity contribution in [3.63, 3.8) is 0 Å². The molecule has 6 heteroatoms. The van der Waals surface area contributed by atoms with Crippen molar-refractivity contribution in [2.75, 3.05) is 0 Å². The summed E-state index contributed by atoms with van der Waals surface area (Å²) < 4.78 is 5.10. The SMILES string of the molecule is CC(C)[C@H](NC(=O)OC(C)(C)C)C(=O)N[C@@H](C)C=O. The average molecular weight is 272 g/mol. The number of aldehydes is 1. The number of hydrogen-bond donors (Lipinski definition) is 2. The Labute approximate surface area is 114 Å². The van der Waals surface area contributed by atoms with E-state index >= 15 is 0 Å². The van der Waals surface area contributed by atoms with E-state index in [0.717, 1.165) is 0 Å². The van der Waals surface area contributed by atoms with Crippen molar-refractivity contribution in [3.8, 4) is 0 Å². The van der Waals surface area contributed by atoms with Crippen LogP contribution in [-0.4, -0.2) is 36.0 Å². The van der Waals surface area contributed by atoms with Gasteiger partial charge in [-0.25, -0.2) is 4.79 Å². The number of ether oxygens (including phenoxy) is 1. The van der Waals surface area contributed by atoms with Crippen molar-refractivity contribution in [2.45, 2.75) is 59.2 Å². The molecule has 0 fully saturated rings. The minimum atomic E-state index is -0.739. The third-order valence-corrected chi connectivity index (χ3v) is 2.20. The molecular weight excluding hydrogens is 248 g/mol. The fourth-order valence-electron chi connectivity index (χ4n) is 1.32. The van der Waals surface area contributed by atoms with Gasteiger partial charge in [0.1, 0.15) is 17.9 Å². The molecule has 6 nitrogen and oxygen atoms in total. The first-order valence-corrected chi connectivity index (χ1v) is 6.32. The van der Waals surface area contributed by atoms with Crippen molar-refractivity contribution < 1.29 is 19.1 Å². The Bertz CT molecular complexity index is 334. The van der Waals surface area contributed by atoms with Crippen LogP contribution >= 0.6 is 0 Å². The molecule has 110 valence electrons. The molecule has 0 saturated carbocycles. The molecule has 0 bridgehead atoms. The number of rotatable bonds is 5. The van der Waals surface area contributed by atoms with E-state index in [2.05, 4.69) is 10.6 Å². The van der Waals surface area contributed by atoms with Gasteiger partial charge in [-0.1, -0.05) is 13.8 Å². The van der Waals surface area contributed by atoms with E-state index in [0.29, 0.717) is 6.29 Å². The molecule has 0 aromatic heterocycles. The van der Waals surface area contributed by atoms with Gasteiger partial charge in [0.2, 0.25) is 5.91 Å². The Hall–Kier alpha value is -1.59. The molecule has 0 aliphatic heterocycles. The molecular formula is C13H24N2O4. The third kappa shape index (κ3) is 7.43. The molecule has 2 atom stereocenters. The number of nitrogens with one attached hydrogen (secondary N) is 2. The molecule has 0 aromatic carbocycles. The van der Waals surface area contributed by atoms with E-state index in [9.17, 15) is 14.4 Å². The Balaban J connectivity index is 4.62. The maximum Gasteiger partial charge on any atom is 0.408 e. The van der Waals surface area contributed by atoms with Gasteiger partial charge in [0.15, 0.2) is 0 Å². The Morgan fingerprint density at radius 3 is 2.00 bits per heavy atom. The van der Waals surface area contributed by atoms with Gasteiger partial charge < -0.3 is 20.2 Å². The maximum absolute atomic E-state index is 11.9. The first-order chi connectivity index (χ1) is 8.56. The molecule has 0 aliphatic rings. The topological polar surface area (TPSA) is 84.5 Å². The summed E-state index contributed by atoms with van der Waals surface area (Å²) in [5, 5.41) is 5.02. The zero-order valence-electron chi connectivity index (χ0n) is 12.4. The van der Waals surface area contributed by atoms with Gasteiger partial charge in [-0.15, -0.1) is 0 Å². The highest BCUT2D eigenvalue weighted by molar-refractivity contribution is 5.87. The molecule has 2 N–H and O–H groups in total. The third-order valence-electron chi connectivity index (χ3n) is 2.20. The van der Waals surface area contributed by atoms with Crippen LogP contribution in [0.25, 0.3) is 0 Å². The maximum atomic E-state index is 11.9. The van der Waals surface area contributed by atoms with E-state index < -0.39 is 29.7 Å². The first kappa shape index (κ1) is 17.4. The van der Waals surface area contributed by atoms with Crippen LogP contribution in [0.15, 0.2) is 0 Å². The molecule has 0 spiro atoms. The Morgan fingerprint density at radius 1 is 1.11 bits per heavy atom. The Morgan fingerprint density at radius 2 is 1.63 bits per heavy atom. The quantitative estimate of drug-likeness (QED) is 0.737. The second-order valence-corrected chi connectivity index (χ2v) is 5.80. The minimum Gasteiger partial charge on any atom is -0.444 e. The van der Waals surface area contributed by atoms with Crippen molar-refractivity contribution in [1.29, 1.82) is 0 Å². The van der Waals surface area contributed by atoms with Gasteiger partial charge >= 0.3 is 6.09 Å². The average Bonchev–Trinajstić information content (AvgIpc) is 2.22. The number of carbonyl (C=O) groups is 3. The van der Waals surface area contributed by atoms with E-state index in [4.69, 9.17) is 4.74 Å². The normalized spacial score (nSPS) is 14.5. The molecule has 0 heterocycles. The summed E-state index contributed by atoms with van der Waals surface area (Å²) in [6, 6.07) is -1.33. The van der Waals surface area contributed by atoms with Crippen LogP contribution in [-0.2, 0) is 14.3 Å². The van der Waals surface area contributed by atoms with Crippen LogP contribution < -0.4 is 10.6 Å². The summed E-state index contributed by atoms with van der Waals surface area (Å²) in [5.74, 6) is -0.521. The van der Waals surface area contributed by atoms with Crippen LogP contribution in [0.4, 0.5) is 4.79 Å². The zero-order chi connectivity index (χ0) is 15.2. The lowest BCUT2D eigenvalue weighted by Gasteiger charge is -2.25. The van der Waals surface area contributed by atoms with Crippen LogP contribution in [0, 0.1) is 5.92 Å². The molecule has 2 amide bonds. The second kappa shape index (κ2) is 7.11. The van der Waals surface area contributed by atoms with E-state index in [1.807, 2.05) is 0 Å². The zero-order valence-corrected chi connectivity index (χ0v) is 12.4. The fraction of sp³-hybridized carbons (Fsp3) is 0.769. The number of hydrogen-bond acceptors (Lipinski definition) is 4. The van der Waals surface area contributed by atoms with Crippen LogP contribution in [0.2, 0.25) is 0 Å². The van der Waals surface area contributed by atoms with E-state index in [-0.39, 0.29) is 5.92 Å². The van der Waals surface area contributed by atoms with Gasteiger partial charge in [0.25, 0.3) is 0 Å². The summed E-state index contributed by atoms with van der Waals surface area (Å²) >= 11 is 0. The molecule has 0 unspecified atom stereocenters. The highest BCUT2D eigenvalue weighted by Gasteiger charge is 2.27. The van der Waals surface area contributed by atoms with Gasteiger partial charge in [-0.3, -0.25) is 4.79 Å². The molecule has 0 aliphatic carbocycles. The van der Waals surface area contributed by atoms with Gasteiger partial charge in [-0.2, -0.15) is 0 Å². The Kier molecular flexibility index (Phi) is 6.52. The van der Waals surface area contributed by atoms with Crippen molar-refractivity contribution in [3.05, 3.63) is 0 Å². The minimum absolute atomic E-state index is 0.119. The van der Waals surface area contributed by atoms with Crippen LogP contribution in [0.5, 0.6) is 0 Å². The van der Waals surface area contributed by atoms with Gasteiger partial charge in [0.05, 0.1) is 6.04 Å². The summed E-state index contributed by atoms with van der Waals surface area (Å²) in [7, 11) is 0. The second-order valence-electron chi connectivity index (χ2n) is 5.80. The molecule has 0 aromatic rings. The van der Waals surface area contributed by atoms with Crippen molar-refractivity contribution in [1.82, 2.24) is 10.6 Å². The number of alkyl carbamates (subject to hydrolysis) is 1. The fourth-order valence-corrected chi connectivity index (χ4v) is 1.32. The standard InChI is InChI=1S/C13H24N2O4/c1-8(2)10(11(17)14-9(3)7-16)15-12(18)19-13(4,5)6/h7-10H,1-6H3,(H,14,17)(H,15,18)/t9-,10-/m0/s1. The monoisotopic (exact) mass is 272 g/mol. The van der Waals surface area contributed by atoms with Crippen molar-refractivity contribution >= 4 is 18.3 Å². The van der Waals surface area contributed by atoms with Crippen molar-refractivity contribution in [2.24, 2.45) is 5.92 Å². The molecule has 0 saturated heterocycles. The number of carbonyl (C=O) groups excluding carboxylic acids is 3. The van der Waals surface area contributed by atoms with Crippen LogP contribution in [0.3, 0.4) is 0 Å². The lowest BCUT2D eigenvalue weighted by atomic mass is 10.0. The predicted molar refractivity (Wildman–Crippen MR) is 71.7 cm³/mol. The van der Waals surface area contributed by atoms with Gasteiger partial charge in [0, 0.05) is 0 Å². The first-order valence-electron chi connectivity index (χ1n) is 6.32. The summed E-state index contributed by atoms with van der Waals surface area (Å²) in [6.07, 6.45) is -0.0249. The van der Waals surface area contributed by atoms with Gasteiger partial charge in [-0.05, 0) is 33.6 Å². The lowest BCUT2D eigenvalue weighted by molar-refractivity contribution is -0.126. The number of amides is 2. The predicted octanol–water partition coefficient (Wildman–Crippen LogP) is 1.24. The highest BCUT2D eigenvalue weighted by Crippen LogP contribution is 2.08. The lowest BCUT2D eigenvalue weighted by Crippen LogP contribution is -2.52. The molecule has 0 radical (unpaired) electrons. The van der Waals surface area contributed by atoms with E-state index in [1.54, 1.807) is 41.5 Å². The summed E-state index contributed by atoms with van der Waals surface area (Å²) in [6.45, 7) is 10.4. The largest absolute Gasteiger partial charge is 0.444 e. The van der Waals surface area contributed by atoms with E-state index in [1.165, 1.54) is 0 Å². The highest BCUT2D eigenvalue weighted by atomic mass is 16.6. The molecule has 0 rings (SSSR count). The smallest absolute Gasteiger partial charge is 0.408 e.